The molecule has 18 heavy (non-hydrogen) atoms. The lowest BCUT2D eigenvalue weighted by Crippen LogP contribution is -2.34. The van der Waals surface area contributed by atoms with Crippen molar-refractivity contribution >= 4 is 9.84 Å². The van der Waals surface area contributed by atoms with Gasteiger partial charge < -0.3 is 10.4 Å². The van der Waals surface area contributed by atoms with Crippen molar-refractivity contribution in [2.24, 2.45) is 0 Å². The van der Waals surface area contributed by atoms with Gasteiger partial charge in [0.25, 0.3) is 0 Å². The quantitative estimate of drug-likeness (QED) is 0.811. The smallest absolute Gasteiger partial charge is 0.180 e. The normalized spacial score (nSPS) is 13.6. The van der Waals surface area contributed by atoms with Crippen molar-refractivity contribution in [3.63, 3.8) is 0 Å². The largest absolute Gasteiger partial charge is 0.396 e. The van der Waals surface area contributed by atoms with Crippen molar-refractivity contribution in [3.8, 4) is 0 Å². The highest BCUT2D eigenvalue weighted by atomic mass is 32.2. The van der Waals surface area contributed by atoms with Crippen LogP contribution < -0.4 is 5.32 Å². The Morgan fingerprint density at radius 2 is 2.00 bits per heavy atom. The Labute approximate surface area is 109 Å². The van der Waals surface area contributed by atoms with Crippen LogP contribution in [-0.4, -0.2) is 39.0 Å². The minimum atomic E-state index is -3.31. The SMILES string of the molecule is CNC(CCO)CS(=O)(=O)c1ccc(C)cc1C. The second kappa shape index (κ2) is 6.31. The molecule has 5 heteroatoms. The van der Waals surface area contributed by atoms with E-state index in [1.165, 1.54) is 0 Å². The molecular weight excluding hydrogens is 250 g/mol. The van der Waals surface area contributed by atoms with E-state index in [2.05, 4.69) is 5.32 Å². The molecule has 0 bridgehead atoms. The second-order valence-corrected chi connectivity index (χ2v) is 6.55. The lowest BCUT2D eigenvalue weighted by atomic mass is 10.2. The first-order valence-electron chi connectivity index (χ1n) is 5.99. The molecule has 0 aliphatic heterocycles. The second-order valence-electron chi connectivity index (χ2n) is 4.55. The molecule has 1 aromatic rings. The predicted molar refractivity (Wildman–Crippen MR) is 72.5 cm³/mol. The zero-order valence-electron chi connectivity index (χ0n) is 11.1. The molecule has 0 amide bonds. The highest BCUT2D eigenvalue weighted by Gasteiger charge is 2.21. The molecule has 0 heterocycles. The Hall–Kier alpha value is -0.910. The average molecular weight is 271 g/mol. The van der Waals surface area contributed by atoms with E-state index in [0.717, 1.165) is 11.1 Å². The molecule has 0 aromatic heterocycles. The maximum absolute atomic E-state index is 12.3. The highest BCUT2D eigenvalue weighted by molar-refractivity contribution is 7.91. The Bertz CT molecular complexity index is 497. The third-order valence-electron chi connectivity index (χ3n) is 2.97. The lowest BCUT2D eigenvalue weighted by molar-refractivity contribution is 0.272. The van der Waals surface area contributed by atoms with Crippen molar-refractivity contribution in [2.45, 2.75) is 31.2 Å². The summed E-state index contributed by atoms with van der Waals surface area (Å²) in [5, 5.41) is 11.8. The molecule has 0 spiro atoms. The van der Waals surface area contributed by atoms with Gasteiger partial charge in [-0.1, -0.05) is 17.7 Å². The summed E-state index contributed by atoms with van der Waals surface area (Å²) >= 11 is 0. The summed E-state index contributed by atoms with van der Waals surface area (Å²) in [4.78, 5) is 0.381. The Morgan fingerprint density at radius 1 is 1.33 bits per heavy atom. The number of aliphatic hydroxyl groups is 1. The maximum atomic E-state index is 12.3. The molecule has 1 aromatic carbocycles. The van der Waals surface area contributed by atoms with E-state index in [1.54, 1.807) is 26.1 Å². The average Bonchev–Trinajstić information content (AvgIpc) is 2.27. The number of hydrogen-bond acceptors (Lipinski definition) is 4. The van der Waals surface area contributed by atoms with Crippen molar-refractivity contribution in [3.05, 3.63) is 29.3 Å². The zero-order valence-corrected chi connectivity index (χ0v) is 11.9. The van der Waals surface area contributed by atoms with Crippen LogP contribution in [0.3, 0.4) is 0 Å². The number of benzene rings is 1. The van der Waals surface area contributed by atoms with Crippen LogP contribution in [0.2, 0.25) is 0 Å². The number of hydrogen-bond donors (Lipinski definition) is 2. The van der Waals surface area contributed by atoms with Crippen LogP contribution in [0.25, 0.3) is 0 Å². The topological polar surface area (TPSA) is 66.4 Å². The van der Waals surface area contributed by atoms with E-state index in [4.69, 9.17) is 5.11 Å². The van der Waals surface area contributed by atoms with Crippen molar-refractivity contribution < 1.29 is 13.5 Å². The summed E-state index contributed by atoms with van der Waals surface area (Å²) in [6.45, 7) is 3.72. The Kier molecular flexibility index (Phi) is 5.31. The van der Waals surface area contributed by atoms with Crippen molar-refractivity contribution in [1.29, 1.82) is 0 Å². The molecule has 2 N–H and O–H groups in total. The van der Waals surface area contributed by atoms with Gasteiger partial charge in [-0.3, -0.25) is 0 Å². The van der Waals surface area contributed by atoms with Crippen molar-refractivity contribution in [1.82, 2.24) is 5.32 Å². The first kappa shape index (κ1) is 15.1. The van der Waals surface area contributed by atoms with Crippen LogP contribution in [0.5, 0.6) is 0 Å². The van der Waals surface area contributed by atoms with Crippen LogP contribution >= 0.6 is 0 Å². The number of aliphatic hydroxyl groups excluding tert-OH is 1. The molecule has 1 unspecified atom stereocenters. The van der Waals surface area contributed by atoms with Gasteiger partial charge in [-0.05, 0) is 38.9 Å². The van der Waals surface area contributed by atoms with Gasteiger partial charge in [0.05, 0.1) is 10.6 Å². The highest BCUT2D eigenvalue weighted by Crippen LogP contribution is 2.19. The van der Waals surface area contributed by atoms with Gasteiger partial charge >= 0.3 is 0 Å². The number of nitrogens with one attached hydrogen (secondary N) is 1. The number of aryl methyl sites for hydroxylation is 2. The molecular formula is C13H21NO3S. The fourth-order valence-electron chi connectivity index (χ4n) is 1.97. The minimum Gasteiger partial charge on any atom is -0.396 e. The summed E-state index contributed by atoms with van der Waals surface area (Å²) in [5.74, 6) is 0.00790. The van der Waals surface area contributed by atoms with E-state index >= 15 is 0 Å². The van der Waals surface area contributed by atoms with Crippen LogP contribution in [0.4, 0.5) is 0 Å². The van der Waals surface area contributed by atoms with Crippen LogP contribution in [0, 0.1) is 13.8 Å². The van der Waals surface area contributed by atoms with Crippen LogP contribution in [0.15, 0.2) is 23.1 Å². The molecule has 0 aliphatic carbocycles. The van der Waals surface area contributed by atoms with Gasteiger partial charge in [0, 0.05) is 12.6 Å². The summed E-state index contributed by atoms with van der Waals surface area (Å²) < 4.78 is 24.6. The number of rotatable bonds is 6. The Morgan fingerprint density at radius 3 is 2.50 bits per heavy atom. The first-order chi connectivity index (χ1) is 8.40. The molecule has 0 radical (unpaired) electrons. The van der Waals surface area contributed by atoms with Gasteiger partial charge in [0.2, 0.25) is 0 Å². The van der Waals surface area contributed by atoms with E-state index < -0.39 is 9.84 Å². The molecule has 0 fully saturated rings. The summed E-state index contributed by atoms with van der Waals surface area (Å²) in [6, 6.07) is 5.11. The Balaban J connectivity index is 2.99. The summed E-state index contributed by atoms with van der Waals surface area (Å²) in [7, 11) is -1.61. The van der Waals surface area contributed by atoms with Gasteiger partial charge in [0.1, 0.15) is 0 Å². The van der Waals surface area contributed by atoms with Gasteiger partial charge in [-0.15, -0.1) is 0 Å². The molecule has 0 saturated heterocycles. The molecule has 4 nitrogen and oxygen atoms in total. The maximum Gasteiger partial charge on any atom is 0.180 e. The molecule has 0 saturated carbocycles. The summed E-state index contributed by atoms with van der Waals surface area (Å²) in [6.07, 6.45) is 0.431. The van der Waals surface area contributed by atoms with Gasteiger partial charge in [0.15, 0.2) is 9.84 Å². The zero-order chi connectivity index (χ0) is 13.8. The van der Waals surface area contributed by atoms with Crippen LogP contribution in [-0.2, 0) is 9.84 Å². The fraction of sp³-hybridized carbons (Fsp3) is 0.538. The molecule has 1 rings (SSSR count). The van der Waals surface area contributed by atoms with Gasteiger partial charge in [-0.2, -0.15) is 0 Å². The number of sulfone groups is 1. The lowest BCUT2D eigenvalue weighted by Gasteiger charge is -2.16. The van der Waals surface area contributed by atoms with E-state index in [9.17, 15) is 8.42 Å². The van der Waals surface area contributed by atoms with E-state index in [1.807, 2.05) is 13.0 Å². The molecule has 102 valence electrons. The van der Waals surface area contributed by atoms with Gasteiger partial charge in [-0.25, -0.2) is 8.42 Å². The monoisotopic (exact) mass is 271 g/mol. The van der Waals surface area contributed by atoms with E-state index in [-0.39, 0.29) is 18.4 Å². The van der Waals surface area contributed by atoms with Crippen molar-refractivity contribution in [2.75, 3.05) is 19.4 Å². The first-order valence-corrected chi connectivity index (χ1v) is 7.64. The van der Waals surface area contributed by atoms with E-state index in [0.29, 0.717) is 11.3 Å². The summed E-state index contributed by atoms with van der Waals surface area (Å²) in [5.41, 5.74) is 1.82. The molecule has 1 atom stereocenters. The third kappa shape index (κ3) is 3.80. The standard InChI is InChI=1S/C13H21NO3S/c1-10-4-5-13(11(2)8-10)18(16,17)9-12(14-3)6-7-15/h4-5,8,12,14-15H,6-7,9H2,1-3H3. The minimum absolute atomic E-state index is 0.00790. The third-order valence-corrected chi connectivity index (χ3v) is 4.94. The molecule has 0 aliphatic rings. The van der Waals surface area contributed by atoms with Crippen LogP contribution in [0.1, 0.15) is 17.5 Å². The predicted octanol–water partition coefficient (Wildman–Crippen LogP) is 1.05. The fourth-order valence-corrected chi connectivity index (χ4v) is 3.84.